The van der Waals surface area contributed by atoms with Crippen LogP contribution in [0.2, 0.25) is 0 Å². The van der Waals surface area contributed by atoms with Crippen LogP contribution in [0.15, 0.2) is 48.0 Å². The summed E-state index contributed by atoms with van der Waals surface area (Å²) in [4.78, 5) is 30.3. The highest BCUT2D eigenvalue weighted by molar-refractivity contribution is 6.46. The number of hydrogen-bond acceptors (Lipinski definition) is 6. The van der Waals surface area contributed by atoms with Crippen molar-refractivity contribution in [2.24, 2.45) is 0 Å². The average Bonchev–Trinajstić information content (AvgIpc) is 3.37. The van der Waals surface area contributed by atoms with Crippen LogP contribution in [0.1, 0.15) is 49.9 Å². The Morgan fingerprint density at radius 2 is 1.86 bits per heavy atom. The lowest BCUT2D eigenvalue weighted by atomic mass is 9.94. The molecule has 0 saturated carbocycles. The summed E-state index contributed by atoms with van der Waals surface area (Å²) in [6, 6.07) is 12.0. The number of rotatable bonds is 9. The van der Waals surface area contributed by atoms with E-state index >= 15 is 0 Å². The molecule has 2 heterocycles. The van der Waals surface area contributed by atoms with Gasteiger partial charge in [-0.1, -0.05) is 26.0 Å². The number of carbonyl (C=O) groups excluding carboxylic acids is 2. The number of aliphatic hydroxyl groups excluding tert-OH is 1. The van der Waals surface area contributed by atoms with E-state index in [9.17, 15) is 14.7 Å². The Bertz CT molecular complexity index is 1120. The third-order valence-electron chi connectivity index (χ3n) is 6.91. The highest BCUT2D eigenvalue weighted by Gasteiger charge is 2.45. The number of ketones is 1. The maximum Gasteiger partial charge on any atom is 0.295 e. The van der Waals surface area contributed by atoms with Gasteiger partial charge in [0.05, 0.1) is 18.7 Å². The van der Waals surface area contributed by atoms with E-state index in [0.29, 0.717) is 17.9 Å². The van der Waals surface area contributed by atoms with E-state index in [1.165, 1.54) is 0 Å². The molecule has 0 unspecified atom stereocenters. The van der Waals surface area contributed by atoms with Crippen molar-refractivity contribution in [3.63, 3.8) is 0 Å². The Balaban J connectivity index is 1.73. The number of carbonyl (C=O) groups is 2. The van der Waals surface area contributed by atoms with Crippen molar-refractivity contribution in [1.29, 1.82) is 0 Å². The molecule has 2 aromatic carbocycles. The molecule has 7 nitrogen and oxygen atoms in total. The lowest BCUT2D eigenvalue weighted by molar-refractivity contribution is -0.140. The first-order chi connectivity index (χ1) is 16.9. The van der Waals surface area contributed by atoms with Crippen LogP contribution >= 0.6 is 0 Å². The zero-order valence-corrected chi connectivity index (χ0v) is 20.9. The number of likely N-dealkylation sites (tertiary alicyclic amines) is 1. The molecule has 2 atom stereocenters. The number of methoxy groups -OCH3 is 1. The van der Waals surface area contributed by atoms with Crippen molar-refractivity contribution in [2.45, 2.75) is 45.8 Å². The number of fused-ring (bicyclic) bond motifs is 1. The molecule has 186 valence electrons. The van der Waals surface area contributed by atoms with Crippen LogP contribution in [0.3, 0.4) is 0 Å². The second-order valence-corrected chi connectivity index (χ2v) is 9.10. The van der Waals surface area contributed by atoms with Gasteiger partial charge in [0.25, 0.3) is 11.7 Å². The summed E-state index contributed by atoms with van der Waals surface area (Å²) < 4.78 is 11.1. The molecule has 0 bridgehead atoms. The summed E-state index contributed by atoms with van der Waals surface area (Å²) in [7, 11) is 1.59. The maximum absolute atomic E-state index is 13.3. The molecule has 0 radical (unpaired) electrons. The van der Waals surface area contributed by atoms with Crippen LogP contribution in [0.4, 0.5) is 0 Å². The Morgan fingerprint density at radius 3 is 2.51 bits per heavy atom. The van der Waals surface area contributed by atoms with E-state index in [4.69, 9.17) is 9.47 Å². The van der Waals surface area contributed by atoms with Crippen molar-refractivity contribution in [2.75, 3.05) is 33.3 Å². The van der Waals surface area contributed by atoms with Crippen LogP contribution in [0, 0.1) is 0 Å². The molecule has 0 spiro atoms. The lowest BCUT2D eigenvalue weighted by Crippen LogP contribution is -2.33. The highest BCUT2D eigenvalue weighted by Crippen LogP contribution is 2.41. The van der Waals surface area contributed by atoms with Crippen LogP contribution < -0.4 is 9.47 Å². The molecule has 1 amide bonds. The molecular weight excluding hydrogens is 444 g/mol. The maximum atomic E-state index is 13.3. The number of benzene rings is 2. The van der Waals surface area contributed by atoms with E-state index in [2.05, 4.69) is 18.7 Å². The normalized spacial score (nSPS) is 20.9. The summed E-state index contributed by atoms with van der Waals surface area (Å²) in [5, 5.41) is 11.4. The van der Waals surface area contributed by atoms with Crippen LogP contribution in [0.25, 0.3) is 5.76 Å². The Hall–Kier alpha value is -3.32. The van der Waals surface area contributed by atoms with Gasteiger partial charge in [0, 0.05) is 18.5 Å². The Morgan fingerprint density at radius 1 is 1.14 bits per heavy atom. The molecule has 2 aliphatic rings. The van der Waals surface area contributed by atoms with Gasteiger partial charge < -0.3 is 24.4 Å². The number of hydrogen-bond donors (Lipinski definition) is 1. The lowest BCUT2D eigenvalue weighted by Gasteiger charge is -2.27. The van der Waals surface area contributed by atoms with Gasteiger partial charge in [0.2, 0.25) is 0 Å². The molecular formula is C28H34N2O5. The van der Waals surface area contributed by atoms with Gasteiger partial charge >= 0.3 is 0 Å². The summed E-state index contributed by atoms with van der Waals surface area (Å²) in [6.07, 6.45) is 1.53. The molecule has 35 heavy (non-hydrogen) atoms. The number of nitrogens with zero attached hydrogens (tertiary/aromatic N) is 2. The second kappa shape index (κ2) is 10.5. The van der Waals surface area contributed by atoms with E-state index in [0.717, 1.165) is 49.4 Å². The molecule has 1 saturated heterocycles. The summed E-state index contributed by atoms with van der Waals surface area (Å²) in [5.74, 6) is 0.0802. The molecule has 2 aliphatic heterocycles. The first-order valence-electron chi connectivity index (χ1n) is 12.3. The van der Waals surface area contributed by atoms with E-state index in [1.54, 1.807) is 30.2 Å². The number of Topliss-reactive ketones (excluding diaryl/α,β-unsaturated/α-hetero) is 1. The van der Waals surface area contributed by atoms with Crippen molar-refractivity contribution < 1.29 is 24.2 Å². The second-order valence-electron chi connectivity index (χ2n) is 9.10. The third-order valence-corrected chi connectivity index (χ3v) is 6.91. The quantitative estimate of drug-likeness (QED) is 0.331. The van der Waals surface area contributed by atoms with Gasteiger partial charge in [-0.2, -0.15) is 0 Å². The minimum absolute atomic E-state index is 0.0677. The van der Waals surface area contributed by atoms with Crippen molar-refractivity contribution >= 4 is 17.4 Å². The molecule has 4 rings (SSSR count). The smallest absolute Gasteiger partial charge is 0.295 e. The van der Waals surface area contributed by atoms with Gasteiger partial charge in [-0.15, -0.1) is 0 Å². The van der Waals surface area contributed by atoms with E-state index in [1.807, 2.05) is 31.2 Å². The number of aliphatic hydroxyl groups is 1. The number of amides is 1. The zero-order chi connectivity index (χ0) is 25.1. The third kappa shape index (κ3) is 4.91. The van der Waals surface area contributed by atoms with Crippen molar-refractivity contribution in [3.8, 4) is 11.5 Å². The molecule has 1 N–H and O–H groups in total. The molecule has 2 aromatic rings. The predicted molar refractivity (Wildman–Crippen MR) is 135 cm³/mol. The fourth-order valence-electron chi connectivity index (χ4n) is 4.97. The fraction of sp³-hybridized carbons (Fsp3) is 0.429. The molecule has 7 heteroatoms. The Kier molecular flexibility index (Phi) is 7.45. The van der Waals surface area contributed by atoms with Crippen molar-refractivity contribution in [3.05, 3.63) is 64.7 Å². The van der Waals surface area contributed by atoms with Gasteiger partial charge in [0.1, 0.15) is 23.4 Å². The largest absolute Gasteiger partial charge is 0.507 e. The SMILES string of the molecule is CCN(CC)CCCN1C(=O)C(=O)/C(=C(/O)c2ccc3c(c2)C[C@@H](C)O3)[C@H]1c1ccc(OC)cc1. The van der Waals surface area contributed by atoms with Crippen LogP contribution in [-0.4, -0.2) is 66.0 Å². The van der Waals surface area contributed by atoms with Gasteiger partial charge in [-0.3, -0.25) is 9.59 Å². The monoisotopic (exact) mass is 478 g/mol. The van der Waals surface area contributed by atoms with Crippen molar-refractivity contribution in [1.82, 2.24) is 9.80 Å². The highest BCUT2D eigenvalue weighted by atomic mass is 16.5. The molecule has 1 fully saturated rings. The standard InChI is InChI=1S/C28H34N2O5/c1-5-29(6-2)14-7-15-30-25(19-8-11-22(34-4)12-9-19)24(27(32)28(30)33)26(31)20-10-13-23-21(17-20)16-18(3)35-23/h8-13,17-18,25,31H,5-7,14-16H2,1-4H3/b26-24+/t18-,25-/m1/s1. The zero-order valence-electron chi connectivity index (χ0n) is 20.9. The predicted octanol–water partition coefficient (Wildman–Crippen LogP) is 4.17. The molecule has 0 aromatic heterocycles. The fourth-order valence-corrected chi connectivity index (χ4v) is 4.97. The summed E-state index contributed by atoms with van der Waals surface area (Å²) in [5.41, 5.74) is 2.37. The minimum atomic E-state index is -0.666. The Labute approximate surface area is 206 Å². The first-order valence-corrected chi connectivity index (χ1v) is 12.3. The number of ether oxygens (including phenoxy) is 2. The van der Waals surface area contributed by atoms with Crippen LogP contribution in [-0.2, 0) is 16.0 Å². The van der Waals surface area contributed by atoms with Crippen LogP contribution in [0.5, 0.6) is 11.5 Å². The van der Waals surface area contributed by atoms with Gasteiger partial charge in [-0.25, -0.2) is 0 Å². The van der Waals surface area contributed by atoms with Gasteiger partial charge in [0.15, 0.2) is 0 Å². The topological polar surface area (TPSA) is 79.3 Å². The minimum Gasteiger partial charge on any atom is -0.507 e. The summed E-state index contributed by atoms with van der Waals surface area (Å²) >= 11 is 0. The molecule has 0 aliphatic carbocycles. The van der Waals surface area contributed by atoms with E-state index in [-0.39, 0.29) is 17.4 Å². The average molecular weight is 479 g/mol. The summed E-state index contributed by atoms with van der Waals surface area (Å²) in [6.45, 7) is 9.31. The first kappa shape index (κ1) is 24.8. The van der Waals surface area contributed by atoms with E-state index < -0.39 is 17.7 Å². The van der Waals surface area contributed by atoms with Gasteiger partial charge in [-0.05, 0) is 74.4 Å².